The minimum atomic E-state index is -0.772. The van der Waals surface area contributed by atoms with Gasteiger partial charge in [-0.25, -0.2) is 0 Å². The van der Waals surface area contributed by atoms with Crippen molar-refractivity contribution < 1.29 is 14.4 Å². The first-order chi connectivity index (χ1) is 11.9. The van der Waals surface area contributed by atoms with Gasteiger partial charge in [-0.3, -0.25) is 14.4 Å². The fraction of sp³-hybridized carbons (Fsp3) is 0.167. The van der Waals surface area contributed by atoms with E-state index in [1.807, 2.05) is 12.1 Å². The molecule has 2 aromatic carbocycles. The zero-order valence-electron chi connectivity index (χ0n) is 13.6. The lowest BCUT2D eigenvalue weighted by atomic mass is 10.1. The first-order valence-corrected chi connectivity index (χ1v) is 8.03. The molecule has 2 aromatic rings. The Morgan fingerprint density at radius 1 is 0.920 bits per heavy atom. The first-order valence-electron chi connectivity index (χ1n) is 7.65. The lowest BCUT2D eigenvalue weighted by Crippen LogP contribution is -2.36. The number of rotatable bonds is 5. The maximum absolute atomic E-state index is 11.9. The molecule has 0 radical (unpaired) electrons. The maximum atomic E-state index is 11.9. The molecule has 0 unspecified atom stereocenters. The van der Waals surface area contributed by atoms with Crippen LogP contribution in [-0.4, -0.2) is 24.3 Å². The van der Waals surface area contributed by atoms with E-state index >= 15 is 0 Å². The average Bonchev–Trinajstić information content (AvgIpc) is 2.54. The van der Waals surface area contributed by atoms with E-state index in [-0.39, 0.29) is 5.91 Å². The van der Waals surface area contributed by atoms with E-state index in [1.54, 1.807) is 36.4 Å². The van der Waals surface area contributed by atoms with Gasteiger partial charge >= 0.3 is 11.8 Å². The normalized spacial score (nSPS) is 10.0. The number of hydrogen-bond acceptors (Lipinski definition) is 3. The van der Waals surface area contributed by atoms with Gasteiger partial charge in [0.1, 0.15) is 0 Å². The highest BCUT2D eigenvalue weighted by molar-refractivity contribution is 6.39. The third-order valence-electron chi connectivity index (χ3n) is 3.24. The molecule has 0 saturated carbocycles. The third-order valence-corrected chi connectivity index (χ3v) is 3.47. The van der Waals surface area contributed by atoms with Gasteiger partial charge in [0, 0.05) is 29.9 Å². The molecule has 0 aromatic heterocycles. The van der Waals surface area contributed by atoms with Crippen LogP contribution >= 0.6 is 11.6 Å². The summed E-state index contributed by atoms with van der Waals surface area (Å²) in [7, 11) is 0. The molecular formula is C18H18ClN3O3. The van der Waals surface area contributed by atoms with Crippen molar-refractivity contribution in [3.05, 3.63) is 59.1 Å². The van der Waals surface area contributed by atoms with Crippen LogP contribution in [0.3, 0.4) is 0 Å². The lowest BCUT2D eigenvalue weighted by Gasteiger charge is -2.08. The summed E-state index contributed by atoms with van der Waals surface area (Å²) in [6, 6.07) is 13.8. The molecule has 7 heteroatoms. The second-order valence-electron chi connectivity index (χ2n) is 5.35. The van der Waals surface area contributed by atoms with Crippen molar-refractivity contribution in [2.75, 3.05) is 17.2 Å². The topological polar surface area (TPSA) is 87.3 Å². The van der Waals surface area contributed by atoms with E-state index in [1.165, 1.54) is 6.92 Å². The Balaban J connectivity index is 1.84. The lowest BCUT2D eigenvalue weighted by molar-refractivity contribution is -0.136. The summed E-state index contributed by atoms with van der Waals surface area (Å²) in [5.74, 6) is -1.72. The summed E-state index contributed by atoms with van der Waals surface area (Å²) in [6.07, 6.45) is 0.567. The molecule has 0 spiro atoms. The summed E-state index contributed by atoms with van der Waals surface area (Å²) in [5, 5.41) is 8.27. The fourth-order valence-electron chi connectivity index (χ4n) is 2.16. The Labute approximate surface area is 150 Å². The molecule has 0 heterocycles. The van der Waals surface area contributed by atoms with Crippen molar-refractivity contribution in [1.29, 1.82) is 0 Å². The van der Waals surface area contributed by atoms with Gasteiger partial charge in [-0.15, -0.1) is 0 Å². The van der Waals surface area contributed by atoms with Gasteiger partial charge < -0.3 is 16.0 Å². The van der Waals surface area contributed by atoms with Crippen LogP contribution in [0.25, 0.3) is 0 Å². The standard InChI is InChI=1S/C18H18ClN3O3/c1-12(23)21-15-6-3-7-16(11-15)22-18(25)17(24)20-9-8-13-4-2-5-14(19)10-13/h2-7,10-11H,8-9H2,1H3,(H,20,24)(H,21,23)(H,22,25). The predicted molar refractivity (Wildman–Crippen MR) is 97.5 cm³/mol. The van der Waals surface area contributed by atoms with E-state index in [0.717, 1.165) is 5.56 Å². The molecule has 0 fully saturated rings. The third kappa shape index (κ3) is 6.27. The summed E-state index contributed by atoms with van der Waals surface area (Å²) >= 11 is 5.89. The number of halogens is 1. The van der Waals surface area contributed by atoms with Crippen LogP contribution in [0.5, 0.6) is 0 Å². The Hall–Kier alpha value is -2.86. The molecular weight excluding hydrogens is 342 g/mol. The zero-order valence-corrected chi connectivity index (χ0v) is 14.4. The average molecular weight is 360 g/mol. The molecule has 3 amide bonds. The molecule has 2 rings (SSSR count). The number of anilines is 2. The summed E-state index contributed by atoms with van der Waals surface area (Å²) < 4.78 is 0. The molecule has 0 aliphatic carbocycles. The maximum Gasteiger partial charge on any atom is 0.313 e. The van der Waals surface area contributed by atoms with Crippen molar-refractivity contribution in [2.45, 2.75) is 13.3 Å². The van der Waals surface area contributed by atoms with Gasteiger partial charge in [0.05, 0.1) is 0 Å². The van der Waals surface area contributed by atoms with E-state index in [0.29, 0.717) is 29.4 Å². The van der Waals surface area contributed by atoms with Crippen LogP contribution in [0.2, 0.25) is 5.02 Å². The highest BCUT2D eigenvalue weighted by atomic mass is 35.5. The first kappa shape index (κ1) is 18.5. The van der Waals surface area contributed by atoms with Gasteiger partial charge in [-0.1, -0.05) is 29.8 Å². The SMILES string of the molecule is CC(=O)Nc1cccc(NC(=O)C(=O)NCCc2cccc(Cl)c2)c1. The van der Waals surface area contributed by atoms with Gasteiger partial charge in [-0.2, -0.15) is 0 Å². The molecule has 0 atom stereocenters. The van der Waals surface area contributed by atoms with Gasteiger partial charge in [0.2, 0.25) is 5.91 Å². The van der Waals surface area contributed by atoms with E-state index in [9.17, 15) is 14.4 Å². The van der Waals surface area contributed by atoms with Crippen molar-refractivity contribution in [2.24, 2.45) is 0 Å². The minimum Gasteiger partial charge on any atom is -0.347 e. The largest absolute Gasteiger partial charge is 0.347 e. The Kier molecular flexibility index (Phi) is 6.54. The van der Waals surface area contributed by atoms with Crippen LogP contribution in [0, 0.1) is 0 Å². The molecule has 3 N–H and O–H groups in total. The van der Waals surface area contributed by atoms with Crippen molar-refractivity contribution in [3.63, 3.8) is 0 Å². The fourth-order valence-corrected chi connectivity index (χ4v) is 2.37. The number of carbonyl (C=O) groups excluding carboxylic acids is 3. The van der Waals surface area contributed by atoms with Crippen LogP contribution in [0.15, 0.2) is 48.5 Å². The number of carbonyl (C=O) groups is 3. The Morgan fingerprint density at radius 2 is 1.60 bits per heavy atom. The van der Waals surface area contributed by atoms with Gasteiger partial charge in [0.15, 0.2) is 0 Å². The second-order valence-corrected chi connectivity index (χ2v) is 5.79. The zero-order chi connectivity index (χ0) is 18.2. The molecule has 0 aliphatic heterocycles. The number of amides is 3. The van der Waals surface area contributed by atoms with E-state index < -0.39 is 11.8 Å². The van der Waals surface area contributed by atoms with Crippen LogP contribution in [-0.2, 0) is 20.8 Å². The van der Waals surface area contributed by atoms with Crippen LogP contribution in [0.4, 0.5) is 11.4 Å². The van der Waals surface area contributed by atoms with Crippen molar-refractivity contribution in [3.8, 4) is 0 Å². The molecule has 0 bridgehead atoms. The smallest absolute Gasteiger partial charge is 0.313 e. The predicted octanol–water partition coefficient (Wildman–Crippen LogP) is 2.60. The minimum absolute atomic E-state index is 0.220. The highest BCUT2D eigenvalue weighted by Crippen LogP contribution is 2.15. The molecule has 6 nitrogen and oxygen atoms in total. The Morgan fingerprint density at radius 3 is 2.28 bits per heavy atom. The number of nitrogens with one attached hydrogen (secondary N) is 3. The number of hydrogen-bond donors (Lipinski definition) is 3. The van der Waals surface area contributed by atoms with Crippen LogP contribution in [0.1, 0.15) is 12.5 Å². The van der Waals surface area contributed by atoms with Crippen LogP contribution < -0.4 is 16.0 Å². The second kappa shape index (κ2) is 8.84. The monoisotopic (exact) mass is 359 g/mol. The summed E-state index contributed by atoms with van der Waals surface area (Å²) in [5.41, 5.74) is 1.92. The quantitative estimate of drug-likeness (QED) is 0.717. The Bertz CT molecular complexity index is 793. The van der Waals surface area contributed by atoms with Gasteiger partial charge in [0.25, 0.3) is 0 Å². The van der Waals surface area contributed by atoms with Gasteiger partial charge in [-0.05, 0) is 42.3 Å². The molecule has 0 saturated heterocycles. The highest BCUT2D eigenvalue weighted by Gasteiger charge is 2.13. The van der Waals surface area contributed by atoms with E-state index in [2.05, 4.69) is 16.0 Å². The van der Waals surface area contributed by atoms with E-state index in [4.69, 9.17) is 11.6 Å². The van der Waals surface area contributed by atoms with Crippen molar-refractivity contribution >= 4 is 40.7 Å². The van der Waals surface area contributed by atoms with Crippen molar-refractivity contribution in [1.82, 2.24) is 5.32 Å². The molecule has 25 heavy (non-hydrogen) atoms. The molecule has 0 aliphatic rings. The summed E-state index contributed by atoms with van der Waals surface area (Å²) in [6.45, 7) is 1.71. The molecule has 130 valence electrons. The number of benzene rings is 2. The summed E-state index contributed by atoms with van der Waals surface area (Å²) in [4.78, 5) is 34.8.